The number of halogens is 1. The second-order valence-electron chi connectivity index (χ2n) is 7.39. The molecule has 1 fully saturated rings. The van der Waals surface area contributed by atoms with Crippen LogP contribution in [0.1, 0.15) is 50.5 Å². The molecule has 160 valence electrons. The third-order valence-corrected chi connectivity index (χ3v) is 7.12. The zero-order valence-electron chi connectivity index (χ0n) is 17.3. The largest absolute Gasteiger partial charge is 0.356 e. The van der Waals surface area contributed by atoms with E-state index in [9.17, 15) is 8.42 Å². The number of rotatable bonds is 8. The highest BCUT2D eigenvalue weighted by atomic mass is 127. The highest BCUT2D eigenvalue weighted by Gasteiger charge is 2.20. The smallest absolute Gasteiger partial charge is 0.242 e. The molecule has 6 nitrogen and oxygen atoms in total. The molecule has 0 aliphatic heterocycles. The summed E-state index contributed by atoms with van der Waals surface area (Å²) in [6.07, 6.45) is 9.34. The number of nitrogens with zero attached hydrogens (tertiary/aromatic N) is 2. The first kappa shape index (κ1) is 25.2. The summed E-state index contributed by atoms with van der Waals surface area (Å²) in [5, 5.41) is 6.57. The summed E-state index contributed by atoms with van der Waals surface area (Å²) in [6.45, 7) is 1.29. The van der Waals surface area contributed by atoms with E-state index in [1.54, 1.807) is 33.3 Å². The Morgan fingerprint density at radius 3 is 2.46 bits per heavy atom. The Bertz CT molecular complexity index is 717. The first-order chi connectivity index (χ1) is 12.9. The van der Waals surface area contributed by atoms with Crippen molar-refractivity contribution in [2.45, 2.75) is 56.4 Å². The third-order valence-electron chi connectivity index (χ3n) is 5.21. The second-order valence-corrected chi connectivity index (χ2v) is 9.51. The van der Waals surface area contributed by atoms with Crippen molar-refractivity contribution in [1.82, 2.24) is 14.9 Å². The van der Waals surface area contributed by atoms with Gasteiger partial charge in [-0.05, 0) is 30.4 Å². The normalized spacial score (nSPS) is 15.9. The lowest BCUT2D eigenvalue weighted by Gasteiger charge is -2.21. The van der Waals surface area contributed by atoms with Crippen molar-refractivity contribution in [2.75, 3.05) is 27.7 Å². The van der Waals surface area contributed by atoms with Gasteiger partial charge in [-0.3, -0.25) is 4.99 Å². The number of benzene rings is 1. The van der Waals surface area contributed by atoms with Gasteiger partial charge < -0.3 is 10.6 Å². The Morgan fingerprint density at radius 2 is 1.82 bits per heavy atom. The van der Waals surface area contributed by atoms with Gasteiger partial charge in [-0.25, -0.2) is 12.7 Å². The first-order valence-electron chi connectivity index (χ1n) is 9.90. The molecule has 1 aromatic rings. The molecule has 0 atom stereocenters. The van der Waals surface area contributed by atoms with Crippen molar-refractivity contribution in [1.29, 1.82) is 0 Å². The maximum absolute atomic E-state index is 12.5. The lowest BCUT2D eigenvalue weighted by Crippen LogP contribution is -2.37. The minimum Gasteiger partial charge on any atom is -0.356 e. The molecule has 1 saturated carbocycles. The number of nitrogens with one attached hydrogen (secondary N) is 2. The minimum atomic E-state index is -3.46. The summed E-state index contributed by atoms with van der Waals surface area (Å²) in [4.78, 5) is 4.58. The van der Waals surface area contributed by atoms with Crippen molar-refractivity contribution in [2.24, 2.45) is 10.9 Å². The van der Waals surface area contributed by atoms with Crippen LogP contribution < -0.4 is 10.6 Å². The van der Waals surface area contributed by atoms with Gasteiger partial charge in [-0.15, -0.1) is 24.0 Å². The van der Waals surface area contributed by atoms with Crippen LogP contribution in [0.15, 0.2) is 34.2 Å². The minimum absolute atomic E-state index is 0. The molecule has 0 unspecified atom stereocenters. The van der Waals surface area contributed by atoms with Crippen LogP contribution in [0, 0.1) is 5.92 Å². The average Bonchev–Trinajstić information content (AvgIpc) is 2.68. The molecular weight excluding hydrogens is 487 g/mol. The zero-order valence-corrected chi connectivity index (χ0v) is 20.4. The Labute approximate surface area is 187 Å². The summed E-state index contributed by atoms with van der Waals surface area (Å²) < 4.78 is 26.2. The molecule has 28 heavy (non-hydrogen) atoms. The van der Waals surface area contributed by atoms with Crippen LogP contribution in [0.3, 0.4) is 0 Å². The van der Waals surface area contributed by atoms with E-state index in [0.717, 1.165) is 24.4 Å². The van der Waals surface area contributed by atoms with Gasteiger partial charge in [0.2, 0.25) is 10.0 Å². The van der Waals surface area contributed by atoms with Crippen molar-refractivity contribution in [3.05, 3.63) is 29.8 Å². The predicted octanol–water partition coefficient (Wildman–Crippen LogP) is 3.58. The SMILES string of the molecule is CN=C(NCCCC1CCCCC1)NCc1ccccc1S(=O)(=O)N(C)C.I. The quantitative estimate of drug-likeness (QED) is 0.237. The Morgan fingerprint density at radius 1 is 1.14 bits per heavy atom. The van der Waals surface area contributed by atoms with Gasteiger partial charge in [0.25, 0.3) is 0 Å². The van der Waals surface area contributed by atoms with E-state index in [0.29, 0.717) is 17.4 Å². The van der Waals surface area contributed by atoms with Gasteiger partial charge in [-0.2, -0.15) is 0 Å². The Kier molecular flexibility index (Phi) is 11.4. The fraction of sp³-hybridized carbons (Fsp3) is 0.650. The van der Waals surface area contributed by atoms with Crippen LogP contribution in [0.2, 0.25) is 0 Å². The van der Waals surface area contributed by atoms with E-state index in [2.05, 4.69) is 15.6 Å². The fourth-order valence-corrected chi connectivity index (χ4v) is 4.69. The summed E-state index contributed by atoms with van der Waals surface area (Å²) in [5.74, 6) is 1.59. The molecule has 2 N–H and O–H groups in total. The highest BCUT2D eigenvalue weighted by molar-refractivity contribution is 14.0. The van der Waals surface area contributed by atoms with Crippen LogP contribution in [-0.2, 0) is 16.6 Å². The van der Waals surface area contributed by atoms with E-state index in [1.807, 2.05) is 12.1 Å². The van der Waals surface area contributed by atoms with Crippen LogP contribution in [0.4, 0.5) is 0 Å². The Hall–Kier alpha value is -0.870. The maximum Gasteiger partial charge on any atom is 0.242 e. The molecule has 2 rings (SSSR count). The molecular formula is C20H35IN4O2S. The molecule has 0 heterocycles. The lowest BCUT2D eigenvalue weighted by molar-refractivity contribution is 0.332. The number of aliphatic imine (C=N–C) groups is 1. The summed E-state index contributed by atoms with van der Waals surface area (Å²) in [5.41, 5.74) is 0.733. The van der Waals surface area contributed by atoms with E-state index in [4.69, 9.17) is 0 Å². The van der Waals surface area contributed by atoms with Gasteiger partial charge in [0.15, 0.2) is 5.96 Å². The number of hydrogen-bond acceptors (Lipinski definition) is 3. The van der Waals surface area contributed by atoms with Gasteiger partial charge in [0.1, 0.15) is 0 Å². The molecule has 0 aromatic heterocycles. The summed E-state index contributed by atoms with van der Waals surface area (Å²) >= 11 is 0. The topological polar surface area (TPSA) is 73.8 Å². The number of sulfonamides is 1. The lowest BCUT2D eigenvalue weighted by atomic mass is 9.86. The van der Waals surface area contributed by atoms with E-state index < -0.39 is 10.0 Å². The molecule has 0 spiro atoms. The molecule has 1 aliphatic rings. The maximum atomic E-state index is 12.5. The van der Waals surface area contributed by atoms with Crippen molar-refractivity contribution in [3.8, 4) is 0 Å². The van der Waals surface area contributed by atoms with Crippen LogP contribution in [0.5, 0.6) is 0 Å². The average molecular weight is 522 g/mol. The molecule has 0 saturated heterocycles. The number of hydrogen-bond donors (Lipinski definition) is 2. The van der Waals surface area contributed by atoms with Crippen molar-refractivity contribution >= 4 is 40.0 Å². The molecule has 0 bridgehead atoms. The first-order valence-corrected chi connectivity index (χ1v) is 11.3. The van der Waals surface area contributed by atoms with Crippen molar-refractivity contribution in [3.63, 3.8) is 0 Å². The van der Waals surface area contributed by atoms with Crippen LogP contribution in [-0.4, -0.2) is 46.4 Å². The Balaban J connectivity index is 0.00000392. The van der Waals surface area contributed by atoms with Crippen LogP contribution >= 0.6 is 24.0 Å². The standard InChI is InChI=1S/C20H34N4O2S.HI/c1-21-20(22-15-9-12-17-10-5-4-6-11-17)23-16-18-13-7-8-14-19(18)27(25,26)24(2)3;/h7-8,13-14,17H,4-6,9-12,15-16H2,1-3H3,(H2,21,22,23);1H. The van der Waals surface area contributed by atoms with Gasteiger partial charge in [-0.1, -0.05) is 50.3 Å². The van der Waals surface area contributed by atoms with Gasteiger partial charge in [0.05, 0.1) is 4.90 Å². The molecule has 8 heteroatoms. The molecule has 0 radical (unpaired) electrons. The van der Waals surface area contributed by atoms with E-state index in [1.165, 1.54) is 42.8 Å². The van der Waals surface area contributed by atoms with E-state index in [-0.39, 0.29) is 24.0 Å². The summed E-state index contributed by atoms with van der Waals surface area (Å²) in [6, 6.07) is 7.08. The van der Waals surface area contributed by atoms with Crippen molar-refractivity contribution < 1.29 is 8.42 Å². The van der Waals surface area contributed by atoms with Gasteiger partial charge >= 0.3 is 0 Å². The molecule has 1 aliphatic carbocycles. The zero-order chi connectivity index (χ0) is 19.7. The van der Waals surface area contributed by atoms with E-state index >= 15 is 0 Å². The fourth-order valence-electron chi connectivity index (χ4n) is 3.57. The monoisotopic (exact) mass is 522 g/mol. The molecule has 1 aromatic carbocycles. The molecule has 0 amide bonds. The summed E-state index contributed by atoms with van der Waals surface area (Å²) in [7, 11) is 1.37. The second kappa shape index (κ2) is 12.6. The van der Waals surface area contributed by atoms with Gasteiger partial charge in [0, 0.05) is 34.2 Å². The number of guanidine groups is 1. The third kappa shape index (κ3) is 7.51. The predicted molar refractivity (Wildman–Crippen MR) is 127 cm³/mol. The highest BCUT2D eigenvalue weighted by Crippen LogP contribution is 2.26. The van der Waals surface area contributed by atoms with Crippen LogP contribution in [0.25, 0.3) is 0 Å².